The molecule has 7 heteroatoms. The molecule has 178 valence electrons. The van der Waals surface area contributed by atoms with Crippen molar-refractivity contribution in [3.8, 4) is 11.5 Å². The number of hydrogen-bond acceptors (Lipinski definition) is 6. The Morgan fingerprint density at radius 2 is 1.61 bits per heavy atom. The van der Waals surface area contributed by atoms with Gasteiger partial charge in [0.05, 0.1) is 23.9 Å². The maximum Gasteiger partial charge on any atom is 0.174 e. The van der Waals surface area contributed by atoms with Crippen LogP contribution in [0.25, 0.3) is 0 Å². The minimum absolute atomic E-state index is 0.147. The van der Waals surface area contributed by atoms with Crippen LogP contribution in [0.1, 0.15) is 63.4 Å². The maximum atomic E-state index is 13.4. The number of allylic oxidation sites excluding steroid dienone is 4. The summed E-state index contributed by atoms with van der Waals surface area (Å²) in [6.45, 7) is 3.88. The predicted molar refractivity (Wildman–Crippen MR) is 135 cm³/mol. The Kier molecular flexibility index (Phi) is 7.79. The van der Waals surface area contributed by atoms with Crippen LogP contribution < -0.4 is 9.47 Å². The first-order chi connectivity index (χ1) is 16.0. The normalized spacial score (nSPS) is 19.1. The standard InChI is InChI=1S/C26H32INO5/c1-4-12-33-26-17(27)14-16(15-22(26)32-3)23-24-18(7-5-9-20(24)29)28(11-13-31-2)19-8-6-10-21(30)25(19)23/h14-15,23H,4-13H2,1-3H3. The van der Waals surface area contributed by atoms with E-state index in [1.165, 1.54) is 0 Å². The number of ether oxygens (including phenoxy) is 3. The molecule has 1 aromatic carbocycles. The molecule has 0 amide bonds. The lowest BCUT2D eigenvalue weighted by molar-refractivity contribution is -0.117. The molecular weight excluding hydrogens is 533 g/mol. The molecule has 1 aromatic rings. The van der Waals surface area contributed by atoms with E-state index < -0.39 is 0 Å². The first-order valence-corrected chi connectivity index (χ1v) is 12.9. The number of Topliss-reactive ketones (excluding diaryl/α,β-unsaturated/α-hetero) is 2. The minimum atomic E-state index is -0.350. The van der Waals surface area contributed by atoms with Crippen molar-refractivity contribution in [3.05, 3.63) is 43.8 Å². The van der Waals surface area contributed by atoms with E-state index in [0.717, 1.165) is 69.5 Å². The van der Waals surface area contributed by atoms with E-state index in [4.69, 9.17) is 14.2 Å². The van der Waals surface area contributed by atoms with Crippen molar-refractivity contribution < 1.29 is 23.8 Å². The second-order valence-corrected chi connectivity index (χ2v) is 9.90. The number of hydrogen-bond donors (Lipinski definition) is 0. The van der Waals surface area contributed by atoms with Gasteiger partial charge >= 0.3 is 0 Å². The molecule has 0 N–H and O–H groups in total. The Hall–Kier alpha value is -1.87. The van der Waals surface area contributed by atoms with Gasteiger partial charge in [0.25, 0.3) is 0 Å². The van der Waals surface area contributed by atoms with Gasteiger partial charge in [-0.3, -0.25) is 9.59 Å². The summed E-state index contributed by atoms with van der Waals surface area (Å²) in [5.74, 6) is 1.30. The first-order valence-electron chi connectivity index (χ1n) is 11.8. The fraction of sp³-hybridized carbons (Fsp3) is 0.538. The van der Waals surface area contributed by atoms with Crippen molar-refractivity contribution in [2.45, 2.75) is 57.8 Å². The summed E-state index contributed by atoms with van der Waals surface area (Å²) in [6.07, 6.45) is 5.32. The summed E-state index contributed by atoms with van der Waals surface area (Å²) in [5, 5.41) is 0. The van der Waals surface area contributed by atoms with Crippen LogP contribution in [0.4, 0.5) is 0 Å². The summed E-state index contributed by atoms with van der Waals surface area (Å²) in [6, 6.07) is 4.02. The number of ketones is 2. The third-order valence-electron chi connectivity index (χ3n) is 6.64. The third-order valence-corrected chi connectivity index (χ3v) is 7.44. The molecule has 6 nitrogen and oxygen atoms in total. The van der Waals surface area contributed by atoms with E-state index in [-0.39, 0.29) is 17.5 Å². The summed E-state index contributed by atoms with van der Waals surface area (Å²) in [7, 11) is 3.32. The number of halogens is 1. The highest BCUT2D eigenvalue weighted by molar-refractivity contribution is 14.1. The Balaban J connectivity index is 1.90. The van der Waals surface area contributed by atoms with Gasteiger partial charge in [0.15, 0.2) is 23.1 Å². The van der Waals surface area contributed by atoms with E-state index in [9.17, 15) is 9.59 Å². The fourth-order valence-electron chi connectivity index (χ4n) is 5.25. The lowest BCUT2D eigenvalue weighted by atomic mass is 9.71. The van der Waals surface area contributed by atoms with Crippen molar-refractivity contribution in [2.75, 3.05) is 34.0 Å². The van der Waals surface area contributed by atoms with Crippen LogP contribution in [0.15, 0.2) is 34.7 Å². The van der Waals surface area contributed by atoms with Gasteiger partial charge in [-0.05, 0) is 72.4 Å². The molecular formula is C26H32INO5. The van der Waals surface area contributed by atoms with E-state index in [1.54, 1.807) is 14.2 Å². The van der Waals surface area contributed by atoms with Gasteiger partial charge in [-0.25, -0.2) is 0 Å². The van der Waals surface area contributed by atoms with Crippen LogP contribution in [-0.4, -0.2) is 50.4 Å². The average Bonchev–Trinajstić information content (AvgIpc) is 2.81. The molecule has 4 rings (SSSR count). The number of nitrogens with zero attached hydrogens (tertiary/aromatic N) is 1. The summed E-state index contributed by atoms with van der Waals surface area (Å²) >= 11 is 2.27. The largest absolute Gasteiger partial charge is 0.493 e. The molecule has 0 unspecified atom stereocenters. The quantitative estimate of drug-likeness (QED) is 0.407. The second-order valence-electron chi connectivity index (χ2n) is 8.73. The van der Waals surface area contributed by atoms with E-state index in [0.29, 0.717) is 38.3 Å². The van der Waals surface area contributed by atoms with Crippen LogP contribution >= 0.6 is 22.6 Å². The van der Waals surface area contributed by atoms with Gasteiger partial charge in [0.1, 0.15) is 0 Å². The molecule has 33 heavy (non-hydrogen) atoms. The lowest BCUT2D eigenvalue weighted by Crippen LogP contribution is -2.40. The number of carbonyl (C=O) groups is 2. The first kappa shape index (κ1) is 24.3. The average molecular weight is 565 g/mol. The zero-order valence-electron chi connectivity index (χ0n) is 19.7. The Bertz CT molecular complexity index is 968. The smallest absolute Gasteiger partial charge is 0.174 e. The van der Waals surface area contributed by atoms with Crippen molar-refractivity contribution >= 4 is 34.2 Å². The fourth-order valence-corrected chi connectivity index (χ4v) is 6.03. The molecule has 0 fully saturated rings. The predicted octanol–water partition coefficient (Wildman–Crippen LogP) is 5.15. The van der Waals surface area contributed by atoms with Gasteiger partial charge in [0.2, 0.25) is 0 Å². The minimum Gasteiger partial charge on any atom is -0.493 e. The summed E-state index contributed by atoms with van der Waals surface area (Å²) < 4.78 is 17.9. The molecule has 0 atom stereocenters. The van der Waals surface area contributed by atoms with Gasteiger partial charge in [-0.15, -0.1) is 0 Å². The van der Waals surface area contributed by atoms with Gasteiger partial charge in [0, 0.05) is 55.0 Å². The number of benzene rings is 1. The molecule has 0 radical (unpaired) electrons. The zero-order valence-corrected chi connectivity index (χ0v) is 21.8. The highest BCUT2D eigenvalue weighted by Gasteiger charge is 2.43. The van der Waals surface area contributed by atoms with Crippen LogP contribution in [0.2, 0.25) is 0 Å². The van der Waals surface area contributed by atoms with E-state index in [2.05, 4.69) is 40.5 Å². The molecule has 2 aliphatic carbocycles. The van der Waals surface area contributed by atoms with Crippen molar-refractivity contribution in [1.29, 1.82) is 0 Å². The number of methoxy groups -OCH3 is 2. The molecule has 1 aliphatic heterocycles. The summed E-state index contributed by atoms with van der Waals surface area (Å²) in [5.41, 5.74) is 4.64. The molecule has 0 saturated heterocycles. The molecule has 1 heterocycles. The van der Waals surface area contributed by atoms with Crippen LogP contribution in [0.5, 0.6) is 11.5 Å². The monoisotopic (exact) mass is 565 g/mol. The lowest BCUT2D eigenvalue weighted by Gasteiger charge is -2.44. The van der Waals surface area contributed by atoms with Crippen LogP contribution in [0, 0.1) is 3.57 Å². The Labute approximate surface area is 209 Å². The van der Waals surface area contributed by atoms with Crippen LogP contribution in [0.3, 0.4) is 0 Å². The number of carbonyl (C=O) groups excluding carboxylic acids is 2. The molecule has 0 spiro atoms. The van der Waals surface area contributed by atoms with Gasteiger partial charge < -0.3 is 19.1 Å². The highest BCUT2D eigenvalue weighted by atomic mass is 127. The molecule has 0 saturated carbocycles. The van der Waals surface area contributed by atoms with E-state index in [1.807, 2.05) is 6.07 Å². The molecule has 3 aliphatic rings. The van der Waals surface area contributed by atoms with Crippen molar-refractivity contribution in [1.82, 2.24) is 4.90 Å². The topological polar surface area (TPSA) is 65.1 Å². The molecule has 0 bridgehead atoms. The van der Waals surface area contributed by atoms with Crippen LogP contribution in [-0.2, 0) is 14.3 Å². The Morgan fingerprint density at radius 1 is 0.970 bits per heavy atom. The Morgan fingerprint density at radius 3 is 2.15 bits per heavy atom. The SMILES string of the molecule is CCCOc1c(I)cc(C2C3=C(CCCC3=O)N(CCOC)C3=C2C(=O)CCC3)cc1OC. The van der Waals surface area contributed by atoms with E-state index >= 15 is 0 Å². The van der Waals surface area contributed by atoms with Crippen molar-refractivity contribution in [3.63, 3.8) is 0 Å². The number of rotatable bonds is 8. The van der Waals surface area contributed by atoms with Crippen molar-refractivity contribution in [2.24, 2.45) is 0 Å². The molecule has 0 aromatic heterocycles. The highest BCUT2D eigenvalue weighted by Crippen LogP contribution is 2.50. The van der Waals surface area contributed by atoms with Gasteiger partial charge in [-0.2, -0.15) is 0 Å². The maximum absolute atomic E-state index is 13.4. The summed E-state index contributed by atoms with van der Waals surface area (Å²) in [4.78, 5) is 28.9. The third kappa shape index (κ3) is 4.58. The second kappa shape index (κ2) is 10.6. The van der Waals surface area contributed by atoms with Gasteiger partial charge in [-0.1, -0.05) is 6.92 Å². The zero-order chi connectivity index (χ0) is 23.5.